The number of hydrogen-bond donors (Lipinski definition) is 2. The summed E-state index contributed by atoms with van der Waals surface area (Å²) in [6.07, 6.45) is 0. The van der Waals surface area contributed by atoms with Crippen molar-refractivity contribution in [2.24, 2.45) is 0 Å². The average Bonchev–Trinajstić information content (AvgIpc) is 2.46. The molecule has 0 atom stereocenters. The average molecular weight is 310 g/mol. The second-order valence-corrected chi connectivity index (χ2v) is 4.31. The fourth-order valence-electron chi connectivity index (χ4n) is 1.45. The molecule has 1 rings (SSSR count). The minimum Gasteiger partial charge on any atom is -0.494 e. The fourth-order valence-corrected chi connectivity index (χ4v) is 1.62. The number of esters is 1. The van der Waals surface area contributed by atoms with Crippen LogP contribution in [0.1, 0.15) is 24.2 Å². The topological polar surface area (TPSA) is 76.7 Å². The maximum atomic E-state index is 11.9. The van der Waals surface area contributed by atoms with Crippen molar-refractivity contribution in [1.29, 1.82) is 0 Å². The van der Waals surface area contributed by atoms with Crippen molar-refractivity contribution in [3.63, 3.8) is 0 Å². The van der Waals surface area contributed by atoms with Gasteiger partial charge in [-0.25, -0.2) is 0 Å². The van der Waals surface area contributed by atoms with E-state index in [9.17, 15) is 9.59 Å². The van der Waals surface area contributed by atoms with E-state index in [0.29, 0.717) is 24.5 Å². The van der Waals surface area contributed by atoms with Gasteiger partial charge >= 0.3 is 5.97 Å². The highest BCUT2D eigenvalue weighted by atomic mass is 32.1. The first kappa shape index (κ1) is 16.9. The van der Waals surface area contributed by atoms with Crippen molar-refractivity contribution >= 4 is 29.2 Å². The predicted octanol–water partition coefficient (Wildman–Crippen LogP) is 1.25. The summed E-state index contributed by atoms with van der Waals surface area (Å²) in [5, 5.41) is 5.15. The van der Waals surface area contributed by atoms with Gasteiger partial charge in [0, 0.05) is 5.56 Å². The second-order valence-electron chi connectivity index (χ2n) is 3.90. The highest BCUT2D eigenvalue weighted by Gasteiger charge is 2.09. The molecule has 7 heteroatoms. The molecule has 1 amide bonds. The molecular formula is C14H18N2O4S. The number of benzene rings is 1. The van der Waals surface area contributed by atoms with Gasteiger partial charge in [0.2, 0.25) is 0 Å². The van der Waals surface area contributed by atoms with Gasteiger partial charge in [0.1, 0.15) is 12.3 Å². The smallest absolute Gasteiger partial charge is 0.325 e. The second kappa shape index (κ2) is 8.91. The molecule has 0 aliphatic rings. The lowest BCUT2D eigenvalue weighted by atomic mass is 10.2. The van der Waals surface area contributed by atoms with Crippen molar-refractivity contribution in [1.82, 2.24) is 10.6 Å². The molecule has 0 aliphatic carbocycles. The largest absolute Gasteiger partial charge is 0.494 e. The van der Waals surface area contributed by atoms with E-state index in [0.717, 1.165) is 0 Å². The Kier molecular flexibility index (Phi) is 7.17. The van der Waals surface area contributed by atoms with Gasteiger partial charge in [-0.05, 0) is 50.3 Å². The monoisotopic (exact) mass is 310 g/mol. The number of thiocarbonyl (C=S) groups is 1. The van der Waals surface area contributed by atoms with Crippen LogP contribution in [0.4, 0.5) is 0 Å². The third-order valence-electron chi connectivity index (χ3n) is 2.35. The summed E-state index contributed by atoms with van der Waals surface area (Å²) in [6.45, 7) is 4.37. The SMILES string of the molecule is CCOC(=O)CNC(=S)NC(=O)c1ccc(OCC)cc1. The molecule has 0 saturated heterocycles. The first-order valence-corrected chi connectivity index (χ1v) is 6.95. The molecule has 0 heterocycles. The van der Waals surface area contributed by atoms with E-state index in [4.69, 9.17) is 21.7 Å². The van der Waals surface area contributed by atoms with Crippen molar-refractivity contribution in [3.8, 4) is 5.75 Å². The van der Waals surface area contributed by atoms with Gasteiger partial charge < -0.3 is 14.8 Å². The van der Waals surface area contributed by atoms with E-state index in [1.807, 2.05) is 6.92 Å². The highest BCUT2D eigenvalue weighted by molar-refractivity contribution is 7.80. The number of nitrogens with one attached hydrogen (secondary N) is 2. The molecule has 0 radical (unpaired) electrons. The molecule has 0 spiro atoms. The zero-order chi connectivity index (χ0) is 15.7. The third-order valence-corrected chi connectivity index (χ3v) is 2.60. The van der Waals surface area contributed by atoms with Crippen molar-refractivity contribution in [2.75, 3.05) is 19.8 Å². The van der Waals surface area contributed by atoms with Crippen LogP contribution in [0.5, 0.6) is 5.75 Å². The lowest BCUT2D eigenvalue weighted by Gasteiger charge is -2.09. The van der Waals surface area contributed by atoms with E-state index in [-0.39, 0.29) is 17.6 Å². The van der Waals surface area contributed by atoms with Gasteiger partial charge in [-0.3, -0.25) is 14.9 Å². The Morgan fingerprint density at radius 1 is 1.14 bits per heavy atom. The summed E-state index contributed by atoms with van der Waals surface area (Å²) in [5.74, 6) is -0.105. The van der Waals surface area contributed by atoms with Crippen LogP contribution in [0.25, 0.3) is 0 Å². The van der Waals surface area contributed by atoms with Gasteiger partial charge in [-0.2, -0.15) is 0 Å². The summed E-state index contributed by atoms with van der Waals surface area (Å²) < 4.78 is 10.0. The molecule has 21 heavy (non-hydrogen) atoms. The third kappa shape index (κ3) is 6.22. The molecule has 1 aromatic carbocycles. The van der Waals surface area contributed by atoms with Crippen LogP contribution in [-0.4, -0.2) is 36.7 Å². The Morgan fingerprint density at radius 2 is 1.81 bits per heavy atom. The Morgan fingerprint density at radius 3 is 2.38 bits per heavy atom. The standard InChI is InChI=1S/C14H18N2O4S/c1-3-19-11-7-5-10(6-8-11)13(18)16-14(21)15-9-12(17)20-4-2/h5-8H,3-4,9H2,1-2H3,(H2,15,16,18,21). The maximum absolute atomic E-state index is 11.9. The number of hydrogen-bond acceptors (Lipinski definition) is 5. The van der Waals surface area contributed by atoms with Gasteiger partial charge in [-0.1, -0.05) is 0 Å². The molecule has 0 saturated carbocycles. The van der Waals surface area contributed by atoms with Crippen LogP contribution in [0.3, 0.4) is 0 Å². The minimum atomic E-state index is -0.435. The summed E-state index contributed by atoms with van der Waals surface area (Å²) in [5.41, 5.74) is 0.443. The molecule has 0 aliphatic heterocycles. The normalized spacial score (nSPS) is 9.62. The summed E-state index contributed by atoms with van der Waals surface area (Å²) in [4.78, 5) is 23.0. The Hall–Kier alpha value is -2.15. The minimum absolute atomic E-state index is 0.0712. The number of carbonyl (C=O) groups is 2. The molecule has 2 N–H and O–H groups in total. The van der Waals surface area contributed by atoms with Gasteiger partial charge in [0.25, 0.3) is 5.91 Å². The van der Waals surface area contributed by atoms with Crippen molar-refractivity contribution in [3.05, 3.63) is 29.8 Å². The zero-order valence-electron chi connectivity index (χ0n) is 12.0. The van der Waals surface area contributed by atoms with E-state index in [2.05, 4.69) is 10.6 Å². The molecule has 0 fully saturated rings. The molecule has 0 unspecified atom stereocenters. The highest BCUT2D eigenvalue weighted by Crippen LogP contribution is 2.11. The lowest BCUT2D eigenvalue weighted by molar-refractivity contribution is -0.141. The van der Waals surface area contributed by atoms with Crippen LogP contribution in [-0.2, 0) is 9.53 Å². The number of ether oxygens (including phenoxy) is 2. The zero-order valence-corrected chi connectivity index (χ0v) is 12.8. The molecule has 1 aromatic rings. The van der Waals surface area contributed by atoms with Crippen LogP contribution in [0.2, 0.25) is 0 Å². The van der Waals surface area contributed by atoms with Gasteiger partial charge in [0.05, 0.1) is 13.2 Å². The molecular weight excluding hydrogens is 292 g/mol. The van der Waals surface area contributed by atoms with E-state index in [1.165, 1.54) is 0 Å². The number of amides is 1. The lowest BCUT2D eigenvalue weighted by Crippen LogP contribution is -2.41. The molecule has 0 aromatic heterocycles. The Bertz CT molecular complexity index is 502. The molecule has 0 bridgehead atoms. The maximum Gasteiger partial charge on any atom is 0.325 e. The molecule has 114 valence electrons. The Labute approximate surface area is 128 Å². The summed E-state index contributed by atoms with van der Waals surface area (Å²) >= 11 is 4.92. The van der Waals surface area contributed by atoms with E-state index in [1.54, 1.807) is 31.2 Å². The van der Waals surface area contributed by atoms with Crippen molar-refractivity contribution in [2.45, 2.75) is 13.8 Å². The van der Waals surface area contributed by atoms with Crippen LogP contribution < -0.4 is 15.4 Å². The van der Waals surface area contributed by atoms with Gasteiger partial charge in [-0.15, -0.1) is 0 Å². The summed E-state index contributed by atoms with van der Waals surface area (Å²) in [6, 6.07) is 6.67. The Balaban J connectivity index is 2.45. The fraction of sp³-hybridized carbons (Fsp3) is 0.357. The quantitative estimate of drug-likeness (QED) is 0.608. The predicted molar refractivity (Wildman–Crippen MR) is 82.3 cm³/mol. The van der Waals surface area contributed by atoms with E-state index >= 15 is 0 Å². The van der Waals surface area contributed by atoms with E-state index < -0.39 is 5.97 Å². The summed E-state index contributed by atoms with van der Waals surface area (Å²) in [7, 11) is 0. The first-order valence-electron chi connectivity index (χ1n) is 6.54. The number of rotatable bonds is 6. The molecule has 6 nitrogen and oxygen atoms in total. The van der Waals surface area contributed by atoms with Crippen LogP contribution in [0, 0.1) is 0 Å². The van der Waals surface area contributed by atoms with Crippen molar-refractivity contribution < 1.29 is 19.1 Å². The first-order chi connectivity index (χ1) is 10.1. The van der Waals surface area contributed by atoms with Crippen LogP contribution in [0.15, 0.2) is 24.3 Å². The van der Waals surface area contributed by atoms with Crippen LogP contribution >= 0.6 is 12.2 Å². The number of carbonyl (C=O) groups excluding carboxylic acids is 2. The van der Waals surface area contributed by atoms with Gasteiger partial charge in [0.15, 0.2) is 5.11 Å².